The first-order valence-corrected chi connectivity index (χ1v) is 6.83. The number of aromatic nitrogens is 4. The van der Waals surface area contributed by atoms with Gasteiger partial charge in [0.05, 0.1) is 24.7 Å². The molecule has 114 valence electrons. The van der Waals surface area contributed by atoms with Gasteiger partial charge in [0.2, 0.25) is 0 Å². The first-order valence-electron chi connectivity index (χ1n) is 6.83. The number of methoxy groups -OCH3 is 1. The summed E-state index contributed by atoms with van der Waals surface area (Å²) in [7, 11) is 3.27. The van der Waals surface area contributed by atoms with Gasteiger partial charge < -0.3 is 10.1 Å². The Balaban J connectivity index is 1.89. The van der Waals surface area contributed by atoms with Crippen LogP contribution in [0.5, 0.6) is 5.75 Å². The van der Waals surface area contributed by atoms with Crippen molar-refractivity contribution in [3.8, 4) is 5.75 Å². The van der Waals surface area contributed by atoms with Crippen LogP contribution in [0.15, 0.2) is 30.7 Å². The fraction of sp³-hybridized carbons (Fsp3) is 0.267. The smallest absolute Gasteiger partial charge is 0.165 e. The number of hydrogen-bond donors (Lipinski definition) is 1. The molecular weight excluding hydrogens is 285 g/mol. The summed E-state index contributed by atoms with van der Waals surface area (Å²) in [5.41, 5.74) is 1.54. The van der Waals surface area contributed by atoms with Gasteiger partial charge in [-0.05, 0) is 24.6 Å². The number of aryl methyl sites for hydroxylation is 1. The molecule has 22 heavy (non-hydrogen) atoms. The Morgan fingerprint density at radius 2 is 2.14 bits per heavy atom. The number of ether oxygens (including phenoxy) is 1. The highest BCUT2D eigenvalue weighted by molar-refractivity contribution is 5.86. The molecule has 6 nitrogen and oxygen atoms in total. The summed E-state index contributed by atoms with van der Waals surface area (Å²) in [5, 5.41) is 8.26. The summed E-state index contributed by atoms with van der Waals surface area (Å²) in [4.78, 5) is 8.44. The lowest BCUT2D eigenvalue weighted by molar-refractivity contribution is 0.386. The van der Waals surface area contributed by atoms with Crippen molar-refractivity contribution in [1.29, 1.82) is 0 Å². The minimum atomic E-state index is -0.386. The molecule has 3 rings (SSSR count). The predicted octanol–water partition coefficient (Wildman–Crippen LogP) is 2.68. The third-order valence-corrected chi connectivity index (χ3v) is 3.56. The first kappa shape index (κ1) is 14.2. The molecule has 0 radical (unpaired) electrons. The van der Waals surface area contributed by atoms with Crippen LogP contribution in [0, 0.1) is 5.82 Å². The number of anilines is 1. The minimum absolute atomic E-state index is 0.126. The van der Waals surface area contributed by atoms with Gasteiger partial charge in [0, 0.05) is 7.05 Å². The maximum Gasteiger partial charge on any atom is 0.165 e. The summed E-state index contributed by atoms with van der Waals surface area (Å²) >= 11 is 0. The molecule has 0 aliphatic carbocycles. The van der Waals surface area contributed by atoms with E-state index in [-0.39, 0.29) is 17.6 Å². The standard InChI is InChI=1S/C15H16FN5O/c1-9(10-4-5-13(22-3)12(16)6-10)20-14-11-7-19-21(2)15(11)18-8-17-14/h4-9H,1-3H3,(H,17,18,20)/t9-/m0/s1. The Kier molecular flexibility index (Phi) is 3.62. The largest absolute Gasteiger partial charge is 0.494 e. The second-order valence-corrected chi connectivity index (χ2v) is 4.99. The number of hydrogen-bond acceptors (Lipinski definition) is 5. The molecule has 2 aromatic heterocycles. The van der Waals surface area contributed by atoms with Crippen LogP contribution in [0.2, 0.25) is 0 Å². The van der Waals surface area contributed by atoms with E-state index in [1.54, 1.807) is 16.9 Å². The van der Waals surface area contributed by atoms with Gasteiger partial charge in [-0.25, -0.2) is 14.4 Å². The molecule has 3 aromatic rings. The highest BCUT2D eigenvalue weighted by Gasteiger charge is 2.13. The van der Waals surface area contributed by atoms with Crippen LogP contribution in [0.25, 0.3) is 11.0 Å². The van der Waals surface area contributed by atoms with Crippen LogP contribution in [0.1, 0.15) is 18.5 Å². The lowest BCUT2D eigenvalue weighted by Gasteiger charge is -2.16. The molecule has 0 bridgehead atoms. The molecule has 0 saturated heterocycles. The topological polar surface area (TPSA) is 64.9 Å². The zero-order valence-corrected chi connectivity index (χ0v) is 12.5. The van der Waals surface area contributed by atoms with E-state index in [1.807, 2.05) is 20.0 Å². The molecule has 1 atom stereocenters. The third kappa shape index (κ3) is 2.45. The van der Waals surface area contributed by atoms with E-state index in [1.165, 1.54) is 19.5 Å². The molecule has 0 aliphatic rings. The minimum Gasteiger partial charge on any atom is -0.494 e. The molecule has 0 aliphatic heterocycles. The summed E-state index contributed by atoms with van der Waals surface area (Å²) < 4.78 is 20.4. The van der Waals surface area contributed by atoms with Crippen molar-refractivity contribution in [1.82, 2.24) is 19.7 Å². The fourth-order valence-corrected chi connectivity index (χ4v) is 2.32. The van der Waals surface area contributed by atoms with Gasteiger partial charge in [0.15, 0.2) is 17.2 Å². The highest BCUT2D eigenvalue weighted by atomic mass is 19.1. The molecule has 0 amide bonds. The molecule has 1 aromatic carbocycles. The Morgan fingerprint density at radius 3 is 2.86 bits per heavy atom. The lowest BCUT2D eigenvalue weighted by atomic mass is 10.1. The zero-order chi connectivity index (χ0) is 15.7. The predicted molar refractivity (Wildman–Crippen MR) is 81.3 cm³/mol. The van der Waals surface area contributed by atoms with Crippen LogP contribution >= 0.6 is 0 Å². The Morgan fingerprint density at radius 1 is 1.32 bits per heavy atom. The molecule has 7 heteroatoms. The van der Waals surface area contributed by atoms with Crippen molar-refractivity contribution in [3.05, 3.63) is 42.1 Å². The summed E-state index contributed by atoms with van der Waals surface area (Å²) in [6, 6.07) is 4.76. The van der Waals surface area contributed by atoms with Crippen molar-refractivity contribution < 1.29 is 9.13 Å². The zero-order valence-electron chi connectivity index (χ0n) is 12.5. The van der Waals surface area contributed by atoms with Crippen LogP contribution in [-0.2, 0) is 7.05 Å². The second kappa shape index (κ2) is 5.59. The van der Waals surface area contributed by atoms with Gasteiger partial charge in [-0.3, -0.25) is 4.68 Å². The van der Waals surface area contributed by atoms with Crippen molar-refractivity contribution in [2.75, 3.05) is 12.4 Å². The van der Waals surface area contributed by atoms with E-state index in [2.05, 4.69) is 20.4 Å². The third-order valence-electron chi connectivity index (χ3n) is 3.56. The van der Waals surface area contributed by atoms with Crippen LogP contribution in [0.4, 0.5) is 10.2 Å². The van der Waals surface area contributed by atoms with Gasteiger partial charge in [-0.1, -0.05) is 6.07 Å². The van der Waals surface area contributed by atoms with Crippen molar-refractivity contribution in [2.45, 2.75) is 13.0 Å². The van der Waals surface area contributed by atoms with Crippen LogP contribution in [-0.4, -0.2) is 26.9 Å². The van der Waals surface area contributed by atoms with E-state index < -0.39 is 0 Å². The van der Waals surface area contributed by atoms with E-state index in [9.17, 15) is 4.39 Å². The van der Waals surface area contributed by atoms with Gasteiger partial charge in [-0.2, -0.15) is 5.10 Å². The van der Waals surface area contributed by atoms with Crippen molar-refractivity contribution in [2.24, 2.45) is 7.05 Å². The van der Waals surface area contributed by atoms with Crippen molar-refractivity contribution in [3.63, 3.8) is 0 Å². The number of halogens is 1. The lowest BCUT2D eigenvalue weighted by Crippen LogP contribution is -2.09. The SMILES string of the molecule is COc1ccc([C@H](C)Nc2ncnc3c2cnn3C)cc1F. The average molecular weight is 301 g/mol. The Labute approximate surface area is 127 Å². The number of nitrogens with one attached hydrogen (secondary N) is 1. The molecule has 0 saturated carbocycles. The molecule has 2 heterocycles. The van der Waals surface area contributed by atoms with E-state index in [0.717, 1.165) is 16.6 Å². The maximum absolute atomic E-state index is 13.8. The Bertz CT molecular complexity index is 817. The second-order valence-electron chi connectivity index (χ2n) is 4.99. The summed E-state index contributed by atoms with van der Waals surface area (Å²) in [6.07, 6.45) is 3.19. The first-order chi connectivity index (χ1) is 10.6. The molecule has 0 fully saturated rings. The maximum atomic E-state index is 13.8. The van der Waals surface area contributed by atoms with E-state index in [0.29, 0.717) is 5.82 Å². The summed E-state index contributed by atoms with van der Waals surface area (Å²) in [5.74, 6) is 0.511. The van der Waals surface area contributed by atoms with E-state index in [4.69, 9.17) is 4.74 Å². The van der Waals surface area contributed by atoms with Gasteiger partial charge >= 0.3 is 0 Å². The van der Waals surface area contributed by atoms with E-state index >= 15 is 0 Å². The highest BCUT2D eigenvalue weighted by Crippen LogP contribution is 2.26. The van der Waals surface area contributed by atoms with Crippen LogP contribution in [0.3, 0.4) is 0 Å². The normalized spacial score (nSPS) is 12.4. The molecular formula is C15H16FN5O. The number of fused-ring (bicyclic) bond motifs is 1. The number of benzene rings is 1. The fourth-order valence-electron chi connectivity index (χ4n) is 2.32. The molecule has 1 N–H and O–H groups in total. The van der Waals surface area contributed by atoms with Crippen LogP contribution < -0.4 is 10.1 Å². The van der Waals surface area contributed by atoms with Gasteiger partial charge in [0.25, 0.3) is 0 Å². The van der Waals surface area contributed by atoms with Crippen molar-refractivity contribution >= 4 is 16.9 Å². The Hall–Kier alpha value is -2.70. The average Bonchev–Trinajstić information content (AvgIpc) is 2.90. The quantitative estimate of drug-likeness (QED) is 0.802. The monoisotopic (exact) mass is 301 g/mol. The number of nitrogens with zero attached hydrogens (tertiary/aromatic N) is 4. The molecule has 0 spiro atoms. The number of rotatable bonds is 4. The van der Waals surface area contributed by atoms with Gasteiger partial charge in [-0.15, -0.1) is 0 Å². The van der Waals surface area contributed by atoms with Gasteiger partial charge in [0.1, 0.15) is 12.1 Å². The summed E-state index contributed by atoms with van der Waals surface area (Å²) in [6.45, 7) is 1.94. The molecule has 0 unspecified atom stereocenters.